The van der Waals surface area contributed by atoms with Gasteiger partial charge in [-0.3, -0.25) is 0 Å². The number of anilines is 1. The maximum Gasteiger partial charge on any atom is 0.349 e. The molecule has 90 valence electrons. The summed E-state index contributed by atoms with van der Waals surface area (Å²) < 4.78 is 5.09. The highest BCUT2D eigenvalue weighted by Crippen LogP contribution is 2.20. The number of hydrogen-bond donors (Lipinski definition) is 1. The summed E-state index contributed by atoms with van der Waals surface area (Å²) in [5, 5.41) is 3.68. The van der Waals surface area contributed by atoms with Gasteiger partial charge in [-0.05, 0) is 32.9 Å². The van der Waals surface area contributed by atoms with E-state index in [9.17, 15) is 4.79 Å². The molecule has 0 aliphatic carbocycles. The largest absolute Gasteiger partial charge is 0.389 e. The van der Waals surface area contributed by atoms with Crippen molar-refractivity contribution >= 4 is 28.5 Å². The molecular weight excluding hydrogens is 240 g/mol. The molecule has 1 N–H and O–H groups in total. The van der Waals surface area contributed by atoms with Gasteiger partial charge in [-0.25, -0.2) is 4.79 Å². The highest BCUT2D eigenvalue weighted by atomic mass is 35.5. The van der Waals surface area contributed by atoms with Gasteiger partial charge in [0.25, 0.3) is 6.01 Å². The fraction of sp³-hybridized carbons (Fsp3) is 0.333. The Morgan fingerprint density at radius 1 is 1.35 bits per heavy atom. The number of hydrogen-bond acceptors (Lipinski definition) is 4. The van der Waals surface area contributed by atoms with Crippen LogP contribution in [0.3, 0.4) is 0 Å². The molecule has 0 aliphatic heterocycles. The smallest absolute Gasteiger partial charge is 0.349 e. The van der Waals surface area contributed by atoms with E-state index in [0.717, 1.165) is 0 Å². The zero-order valence-corrected chi connectivity index (χ0v) is 10.6. The number of halogens is 1. The summed E-state index contributed by atoms with van der Waals surface area (Å²) in [4.78, 5) is 16.0. The second kappa shape index (κ2) is 4.04. The molecule has 0 spiro atoms. The van der Waals surface area contributed by atoms with Crippen LogP contribution in [-0.2, 0) is 0 Å². The Morgan fingerprint density at radius 3 is 2.71 bits per heavy atom. The van der Waals surface area contributed by atoms with Crippen LogP contribution in [0.2, 0.25) is 5.02 Å². The van der Waals surface area contributed by atoms with Gasteiger partial charge in [-0.1, -0.05) is 17.7 Å². The molecule has 4 nitrogen and oxygen atoms in total. The third-order valence-electron chi connectivity index (χ3n) is 2.09. The van der Waals surface area contributed by atoms with Crippen LogP contribution >= 0.6 is 11.6 Å². The molecule has 2 aromatic rings. The van der Waals surface area contributed by atoms with Crippen LogP contribution < -0.4 is 10.9 Å². The van der Waals surface area contributed by atoms with Crippen LogP contribution in [0.25, 0.3) is 10.9 Å². The maximum atomic E-state index is 11.8. The Kier molecular flexibility index (Phi) is 2.83. The van der Waals surface area contributed by atoms with Crippen molar-refractivity contribution in [2.24, 2.45) is 0 Å². The summed E-state index contributed by atoms with van der Waals surface area (Å²) in [7, 11) is 0. The number of nitrogens with zero attached hydrogens (tertiary/aromatic N) is 1. The second-order valence-electron chi connectivity index (χ2n) is 4.82. The predicted octanol–water partition coefficient (Wildman–Crippen LogP) is 3.05. The van der Waals surface area contributed by atoms with E-state index >= 15 is 0 Å². The average Bonchev–Trinajstić information content (AvgIpc) is 2.13. The van der Waals surface area contributed by atoms with Crippen LogP contribution in [0.4, 0.5) is 6.01 Å². The lowest BCUT2D eigenvalue weighted by Gasteiger charge is -2.19. The lowest BCUT2D eigenvalue weighted by atomic mass is 10.1. The first-order valence-electron chi connectivity index (χ1n) is 5.24. The molecule has 0 saturated heterocycles. The van der Waals surface area contributed by atoms with E-state index in [1.165, 1.54) is 0 Å². The highest BCUT2D eigenvalue weighted by Gasteiger charge is 2.14. The van der Waals surface area contributed by atoms with Gasteiger partial charge in [0.05, 0.1) is 10.5 Å². The van der Waals surface area contributed by atoms with Gasteiger partial charge in [0.2, 0.25) is 0 Å². The average molecular weight is 253 g/mol. The van der Waals surface area contributed by atoms with Crippen molar-refractivity contribution in [2.45, 2.75) is 26.3 Å². The molecule has 0 atom stereocenters. The van der Waals surface area contributed by atoms with Crippen molar-refractivity contribution in [1.82, 2.24) is 4.98 Å². The molecule has 0 fully saturated rings. The Morgan fingerprint density at radius 2 is 2.06 bits per heavy atom. The van der Waals surface area contributed by atoms with E-state index < -0.39 is 5.63 Å². The van der Waals surface area contributed by atoms with Crippen LogP contribution in [0.5, 0.6) is 0 Å². The maximum absolute atomic E-state index is 11.8. The molecule has 0 bridgehead atoms. The van der Waals surface area contributed by atoms with E-state index in [-0.39, 0.29) is 11.6 Å². The van der Waals surface area contributed by atoms with Crippen molar-refractivity contribution in [3.63, 3.8) is 0 Å². The second-order valence-corrected chi connectivity index (χ2v) is 5.22. The van der Waals surface area contributed by atoms with Gasteiger partial charge < -0.3 is 9.73 Å². The minimum Gasteiger partial charge on any atom is -0.389 e. The van der Waals surface area contributed by atoms with Gasteiger partial charge in [0.1, 0.15) is 5.39 Å². The molecule has 0 amide bonds. The lowest BCUT2D eigenvalue weighted by Crippen LogP contribution is -2.27. The summed E-state index contributed by atoms with van der Waals surface area (Å²) in [6.45, 7) is 5.87. The number of rotatable bonds is 1. The lowest BCUT2D eigenvalue weighted by molar-refractivity contribution is 0.490. The van der Waals surface area contributed by atoms with Gasteiger partial charge in [0.15, 0.2) is 0 Å². The molecular formula is C12H13ClN2O2. The molecule has 1 aromatic carbocycles. The Labute approximate surface area is 104 Å². The minimum absolute atomic E-state index is 0.206. The number of fused-ring (bicyclic) bond motifs is 1. The normalized spacial score (nSPS) is 11.8. The summed E-state index contributed by atoms with van der Waals surface area (Å²) in [6, 6.07) is 5.32. The van der Waals surface area contributed by atoms with Gasteiger partial charge in [-0.2, -0.15) is 4.98 Å². The van der Waals surface area contributed by atoms with Crippen LogP contribution in [0.15, 0.2) is 27.4 Å². The van der Waals surface area contributed by atoms with Crippen molar-refractivity contribution < 1.29 is 4.42 Å². The predicted molar refractivity (Wildman–Crippen MR) is 68.7 cm³/mol. The summed E-state index contributed by atoms with van der Waals surface area (Å²) in [5.74, 6) is 0. The fourth-order valence-electron chi connectivity index (χ4n) is 1.45. The van der Waals surface area contributed by atoms with Gasteiger partial charge in [0, 0.05) is 5.54 Å². The van der Waals surface area contributed by atoms with E-state index in [4.69, 9.17) is 16.0 Å². The number of aromatic nitrogens is 1. The van der Waals surface area contributed by atoms with E-state index in [0.29, 0.717) is 15.9 Å². The third kappa shape index (κ3) is 2.58. The summed E-state index contributed by atoms with van der Waals surface area (Å²) >= 11 is 5.93. The number of benzene rings is 1. The quantitative estimate of drug-likeness (QED) is 0.848. The Bertz CT molecular complexity index is 614. The van der Waals surface area contributed by atoms with Gasteiger partial charge in [-0.15, -0.1) is 0 Å². The molecule has 0 radical (unpaired) electrons. The van der Waals surface area contributed by atoms with Crippen molar-refractivity contribution in [3.05, 3.63) is 33.6 Å². The molecule has 0 saturated carbocycles. The molecule has 2 rings (SSSR count). The van der Waals surface area contributed by atoms with E-state index in [1.807, 2.05) is 20.8 Å². The molecule has 0 aliphatic rings. The number of nitrogens with one attached hydrogen (secondary N) is 1. The fourth-order valence-corrected chi connectivity index (χ4v) is 1.70. The Balaban J connectivity index is 2.61. The van der Waals surface area contributed by atoms with E-state index in [2.05, 4.69) is 10.3 Å². The van der Waals surface area contributed by atoms with Crippen LogP contribution in [-0.4, -0.2) is 10.5 Å². The first-order valence-corrected chi connectivity index (χ1v) is 5.62. The monoisotopic (exact) mass is 252 g/mol. The van der Waals surface area contributed by atoms with Crippen molar-refractivity contribution in [1.29, 1.82) is 0 Å². The minimum atomic E-state index is -0.479. The molecule has 17 heavy (non-hydrogen) atoms. The highest BCUT2D eigenvalue weighted by molar-refractivity contribution is 6.35. The van der Waals surface area contributed by atoms with Crippen molar-refractivity contribution in [3.8, 4) is 0 Å². The molecule has 1 heterocycles. The topological polar surface area (TPSA) is 55.1 Å². The summed E-state index contributed by atoms with van der Waals surface area (Å²) in [6.07, 6.45) is 0. The van der Waals surface area contributed by atoms with Crippen molar-refractivity contribution in [2.75, 3.05) is 5.32 Å². The standard InChI is InChI=1S/C12H13ClN2O2/c1-12(2,3)15-11-14-8-6-4-5-7(13)9(8)10(16)17-11/h4-6H,1-3H3,(H,14,15). The van der Waals surface area contributed by atoms with E-state index in [1.54, 1.807) is 18.2 Å². The SMILES string of the molecule is CC(C)(C)Nc1nc2cccc(Cl)c2c(=O)o1. The zero-order valence-electron chi connectivity index (χ0n) is 9.87. The first kappa shape index (κ1) is 11.9. The Hall–Kier alpha value is -1.55. The summed E-state index contributed by atoms with van der Waals surface area (Å²) in [5.41, 5.74) is -0.178. The third-order valence-corrected chi connectivity index (χ3v) is 2.40. The molecule has 1 aromatic heterocycles. The van der Waals surface area contributed by atoms with Crippen LogP contribution in [0, 0.1) is 0 Å². The van der Waals surface area contributed by atoms with Gasteiger partial charge >= 0.3 is 5.63 Å². The first-order chi connectivity index (χ1) is 7.87. The molecule has 0 unspecified atom stereocenters. The zero-order chi connectivity index (χ0) is 12.6. The molecule has 5 heteroatoms. The van der Waals surface area contributed by atoms with Crippen LogP contribution in [0.1, 0.15) is 20.8 Å².